The molecule has 1 amide bonds. The molecule has 0 bridgehead atoms. The number of nitrogens with one attached hydrogen (secondary N) is 1. The lowest BCUT2D eigenvalue weighted by Gasteiger charge is -2.27. The zero-order valence-corrected chi connectivity index (χ0v) is 8.31. The number of halogens is 2. The largest absolute Gasteiger partial charge is 0.352 e. The predicted molar refractivity (Wildman–Crippen MR) is 51.3 cm³/mol. The fraction of sp³-hybridized carbons (Fsp3) is 0.364. The summed E-state index contributed by atoms with van der Waals surface area (Å²) >= 11 is 0. The summed E-state index contributed by atoms with van der Waals surface area (Å²) in [5.41, 5.74) is 0.622. The van der Waals surface area contributed by atoms with E-state index < -0.39 is 11.6 Å². The van der Waals surface area contributed by atoms with E-state index in [9.17, 15) is 13.6 Å². The molecule has 1 N–H and O–H groups in total. The van der Waals surface area contributed by atoms with E-state index in [0.717, 1.165) is 0 Å². The van der Waals surface area contributed by atoms with Crippen LogP contribution in [0.1, 0.15) is 17.5 Å². The van der Waals surface area contributed by atoms with Crippen LogP contribution in [0.15, 0.2) is 12.1 Å². The van der Waals surface area contributed by atoms with Gasteiger partial charge in [0.2, 0.25) is 5.91 Å². The molecule has 80 valence electrons. The van der Waals surface area contributed by atoms with Crippen LogP contribution in [0.4, 0.5) is 8.78 Å². The zero-order valence-electron chi connectivity index (χ0n) is 8.31. The lowest BCUT2D eigenvalue weighted by molar-refractivity contribution is -0.128. The van der Waals surface area contributed by atoms with Gasteiger partial charge in [-0.05, 0) is 36.6 Å². The molecule has 0 radical (unpaired) electrons. The molecule has 2 nitrogen and oxygen atoms in total. The molecule has 1 fully saturated rings. The number of β-lactam (4-membered cyclic amide) rings is 1. The van der Waals surface area contributed by atoms with Gasteiger partial charge >= 0.3 is 0 Å². The molecule has 1 atom stereocenters. The molecule has 4 heteroatoms. The van der Waals surface area contributed by atoms with Gasteiger partial charge in [0.15, 0.2) is 0 Å². The van der Waals surface area contributed by atoms with Crippen molar-refractivity contribution in [2.24, 2.45) is 0 Å². The van der Waals surface area contributed by atoms with Crippen LogP contribution >= 0.6 is 0 Å². The first-order valence-corrected chi connectivity index (χ1v) is 4.80. The van der Waals surface area contributed by atoms with Gasteiger partial charge in [-0.2, -0.15) is 0 Å². The molecule has 0 spiro atoms. The first-order valence-electron chi connectivity index (χ1n) is 4.80. The minimum absolute atomic E-state index is 0.0343. The van der Waals surface area contributed by atoms with Gasteiger partial charge < -0.3 is 5.32 Å². The first kappa shape index (κ1) is 10.1. The van der Waals surface area contributed by atoms with E-state index in [1.807, 2.05) is 0 Å². The molecule has 15 heavy (non-hydrogen) atoms. The Morgan fingerprint density at radius 1 is 1.40 bits per heavy atom. The highest BCUT2D eigenvalue weighted by Crippen LogP contribution is 2.18. The van der Waals surface area contributed by atoms with Crippen LogP contribution in [-0.4, -0.2) is 11.9 Å². The third-order valence-corrected chi connectivity index (χ3v) is 2.59. The highest BCUT2D eigenvalue weighted by atomic mass is 19.1. The number of carbonyl (C=O) groups excluding carboxylic acids is 1. The van der Waals surface area contributed by atoms with Crippen molar-refractivity contribution in [2.75, 3.05) is 0 Å². The average Bonchev–Trinajstić information content (AvgIpc) is 2.11. The lowest BCUT2D eigenvalue weighted by atomic mass is 9.96. The van der Waals surface area contributed by atoms with E-state index in [1.54, 1.807) is 0 Å². The fourth-order valence-corrected chi connectivity index (χ4v) is 1.66. The molecule has 2 rings (SSSR count). The third kappa shape index (κ3) is 1.98. The van der Waals surface area contributed by atoms with Crippen LogP contribution in [0.25, 0.3) is 0 Å². The summed E-state index contributed by atoms with van der Waals surface area (Å²) in [6.07, 6.45) is 0.754. The first-order chi connectivity index (χ1) is 7.06. The van der Waals surface area contributed by atoms with Crippen molar-refractivity contribution in [2.45, 2.75) is 25.8 Å². The SMILES string of the molecule is Cc1cc(F)c(C[C@@H]2CC(=O)N2)cc1F. The third-order valence-electron chi connectivity index (χ3n) is 2.59. The quantitative estimate of drug-likeness (QED) is 0.741. The van der Waals surface area contributed by atoms with Gasteiger partial charge in [-0.3, -0.25) is 4.79 Å². The molecule has 0 unspecified atom stereocenters. The Kier molecular flexibility index (Phi) is 2.42. The highest BCUT2D eigenvalue weighted by molar-refractivity contribution is 5.82. The Hall–Kier alpha value is -1.45. The van der Waals surface area contributed by atoms with Crippen molar-refractivity contribution in [1.82, 2.24) is 5.32 Å². The van der Waals surface area contributed by atoms with E-state index in [-0.39, 0.29) is 11.9 Å². The smallest absolute Gasteiger partial charge is 0.222 e. The van der Waals surface area contributed by atoms with Gasteiger partial charge in [0.1, 0.15) is 11.6 Å². The number of benzene rings is 1. The van der Waals surface area contributed by atoms with Crippen molar-refractivity contribution in [3.63, 3.8) is 0 Å². The summed E-state index contributed by atoms with van der Waals surface area (Å²) in [4.78, 5) is 10.6. The van der Waals surface area contributed by atoms with E-state index in [1.165, 1.54) is 19.1 Å². The molecule has 0 aromatic heterocycles. The standard InChI is InChI=1S/C11H11F2NO/c1-6-2-10(13)7(4-9(6)12)3-8-5-11(15)14-8/h2,4,8H,3,5H2,1H3,(H,14,15)/t8-/m1/s1. The second-order valence-electron chi connectivity index (χ2n) is 3.87. The van der Waals surface area contributed by atoms with Gasteiger partial charge in [-0.15, -0.1) is 0 Å². The van der Waals surface area contributed by atoms with Gasteiger partial charge in [-0.25, -0.2) is 8.78 Å². The second-order valence-corrected chi connectivity index (χ2v) is 3.87. The Morgan fingerprint density at radius 3 is 2.67 bits per heavy atom. The van der Waals surface area contributed by atoms with Gasteiger partial charge in [-0.1, -0.05) is 0 Å². The van der Waals surface area contributed by atoms with Crippen molar-refractivity contribution in [3.8, 4) is 0 Å². The summed E-state index contributed by atoms with van der Waals surface area (Å²) in [5, 5.41) is 2.62. The maximum atomic E-state index is 13.4. The predicted octanol–water partition coefficient (Wildman–Crippen LogP) is 1.70. The number of aryl methyl sites for hydroxylation is 1. The number of hydrogen-bond donors (Lipinski definition) is 1. The number of carbonyl (C=O) groups is 1. The molecule has 0 saturated carbocycles. The fourth-order valence-electron chi connectivity index (χ4n) is 1.66. The zero-order chi connectivity index (χ0) is 11.0. The normalized spacial score (nSPS) is 19.7. The number of amides is 1. The number of rotatable bonds is 2. The van der Waals surface area contributed by atoms with Crippen LogP contribution in [0.5, 0.6) is 0 Å². The lowest BCUT2D eigenvalue weighted by Crippen LogP contribution is -2.49. The minimum atomic E-state index is -0.407. The summed E-state index contributed by atoms with van der Waals surface area (Å²) in [6, 6.07) is 2.34. The Morgan fingerprint density at radius 2 is 2.07 bits per heavy atom. The molecule has 0 aliphatic carbocycles. The summed E-state index contributed by atoms with van der Waals surface area (Å²) in [5.74, 6) is -0.847. The molecular weight excluding hydrogens is 200 g/mol. The molecule has 1 aromatic carbocycles. The van der Waals surface area contributed by atoms with Crippen LogP contribution < -0.4 is 5.32 Å². The molecule has 1 aliphatic heterocycles. The summed E-state index contributed by atoms with van der Waals surface area (Å²) in [7, 11) is 0. The monoisotopic (exact) mass is 211 g/mol. The van der Waals surface area contributed by atoms with Gasteiger partial charge in [0.05, 0.1) is 0 Å². The minimum Gasteiger partial charge on any atom is -0.352 e. The summed E-state index contributed by atoms with van der Waals surface area (Å²) < 4.78 is 26.5. The molecular formula is C11H11F2NO. The Labute approximate surface area is 86.3 Å². The van der Waals surface area contributed by atoms with Gasteiger partial charge in [0.25, 0.3) is 0 Å². The van der Waals surface area contributed by atoms with Crippen LogP contribution in [-0.2, 0) is 11.2 Å². The Bertz CT molecular complexity index is 409. The molecule has 1 aliphatic rings. The van der Waals surface area contributed by atoms with E-state index >= 15 is 0 Å². The maximum absolute atomic E-state index is 13.4. The molecule has 1 saturated heterocycles. The number of hydrogen-bond acceptors (Lipinski definition) is 1. The van der Waals surface area contributed by atoms with E-state index in [0.29, 0.717) is 24.0 Å². The average molecular weight is 211 g/mol. The van der Waals surface area contributed by atoms with Crippen LogP contribution in [0.3, 0.4) is 0 Å². The summed E-state index contributed by atoms with van der Waals surface area (Å²) in [6.45, 7) is 1.52. The van der Waals surface area contributed by atoms with Crippen molar-refractivity contribution >= 4 is 5.91 Å². The van der Waals surface area contributed by atoms with Gasteiger partial charge in [0, 0.05) is 12.5 Å². The Balaban J connectivity index is 2.14. The maximum Gasteiger partial charge on any atom is 0.222 e. The van der Waals surface area contributed by atoms with Crippen molar-refractivity contribution in [1.29, 1.82) is 0 Å². The van der Waals surface area contributed by atoms with Crippen molar-refractivity contribution in [3.05, 3.63) is 34.9 Å². The topological polar surface area (TPSA) is 29.1 Å². The second kappa shape index (κ2) is 3.61. The highest BCUT2D eigenvalue weighted by Gasteiger charge is 2.26. The van der Waals surface area contributed by atoms with E-state index in [4.69, 9.17) is 0 Å². The van der Waals surface area contributed by atoms with E-state index in [2.05, 4.69) is 5.32 Å². The molecule has 1 aromatic rings. The van der Waals surface area contributed by atoms with Crippen molar-refractivity contribution < 1.29 is 13.6 Å². The molecule has 1 heterocycles. The van der Waals surface area contributed by atoms with Crippen LogP contribution in [0.2, 0.25) is 0 Å². The van der Waals surface area contributed by atoms with Crippen LogP contribution in [0, 0.1) is 18.6 Å².